The van der Waals surface area contributed by atoms with Crippen LogP contribution in [0.5, 0.6) is 0 Å². The van der Waals surface area contributed by atoms with E-state index >= 15 is 0 Å². The number of rotatable bonds is 15. The van der Waals surface area contributed by atoms with Crippen LogP contribution < -0.4 is 21.7 Å². The van der Waals surface area contributed by atoms with E-state index in [4.69, 9.17) is 19.9 Å². The van der Waals surface area contributed by atoms with Crippen molar-refractivity contribution >= 4 is 79.0 Å². The van der Waals surface area contributed by atoms with E-state index in [1.807, 2.05) is 13.0 Å². The first-order valence-electron chi connectivity index (χ1n) is 38.7. The van der Waals surface area contributed by atoms with Crippen molar-refractivity contribution in [2.75, 3.05) is 19.9 Å². The number of imide groups is 1. The highest BCUT2D eigenvalue weighted by atomic mass is 28.3. The lowest BCUT2D eigenvalue weighted by atomic mass is 9.33. The normalized spacial score (nSPS) is 39.9. The summed E-state index contributed by atoms with van der Waals surface area (Å²) in [6.45, 7) is 41.3. The number of nitrogens with zero attached hydrogens (tertiary/aromatic N) is 1. The third-order valence-corrected chi connectivity index (χ3v) is 32.1. The predicted molar refractivity (Wildman–Crippen MR) is 391 cm³/mol. The standard InChI is InChI=1S/C39H64N2O6Si.C36H54N2O7.C6H7NO4/c1-34(2)28-11-14-39(7)32(37(28,5)13-12-29(34)47-31(44)22-30(43)41-24-40)27(42)21-25-26-23-36(4,33(45)46-19-20-48(8,9)10)16-15-35(26,3)17-18-38(25,39)6;1-21(39)37-20-38-27(41)18-28(42)45-26-10-11-34(6)25(31(26,2)3)9-12-36(8)29(34)24(40)17-22-23-19-33(5,30(43)44)14-13-32(23,4)15-16-35(22,36)7;1-4(8)11-7-5(9)2-3-6(7)10/h21,26,28-29,32H,11-20,22-24,40H2,1-10H3,(H,41,43);17,23,25-26,29H,9-16,18-20H2,1-8H3,(H,37,39)(H,38,41)(H,43,44);2-3H2,1H3. The molecule has 9 fully saturated rings. The Hall–Kier alpha value is -6.10. The van der Waals surface area contributed by atoms with Crippen molar-refractivity contribution in [2.24, 2.45) is 106 Å². The largest absolute Gasteiger partial charge is 0.481 e. The molecule has 580 valence electrons. The zero-order chi connectivity index (χ0) is 77.5. The molecule has 0 aromatic rings. The van der Waals surface area contributed by atoms with Crippen LogP contribution in [0.15, 0.2) is 23.3 Å². The maximum Gasteiger partial charge on any atom is 0.330 e. The maximum atomic E-state index is 14.7. The van der Waals surface area contributed by atoms with Gasteiger partial charge in [0.2, 0.25) is 17.7 Å². The molecule has 0 aromatic heterocycles. The van der Waals surface area contributed by atoms with Crippen molar-refractivity contribution in [3.8, 4) is 0 Å². The fourth-order valence-corrected chi connectivity index (χ4v) is 24.4. The number of nitrogens with two attached hydrogens (primary N) is 1. The third kappa shape index (κ3) is 14.6. The number of allylic oxidation sites excluding steroid dienone is 4. The number of nitrogens with one attached hydrogen (secondary N) is 3. The van der Waals surface area contributed by atoms with E-state index in [1.54, 1.807) is 0 Å². The number of ketones is 2. The highest BCUT2D eigenvalue weighted by molar-refractivity contribution is 6.76. The van der Waals surface area contributed by atoms with Crippen LogP contribution in [0.25, 0.3) is 0 Å². The Morgan fingerprint density at radius 2 is 0.962 bits per heavy atom. The number of carboxylic acids is 1. The maximum absolute atomic E-state index is 14.7. The molecule has 104 heavy (non-hydrogen) atoms. The molecule has 11 rings (SSSR count). The monoisotopic (exact) mass is 1470 g/mol. The summed E-state index contributed by atoms with van der Waals surface area (Å²) in [7, 11) is -1.32. The van der Waals surface area contributed by atoms with Crippen molar-refractivity contribution in [2.45, 2.75) is 290 Å². The second-order valence-electron chi connectivity index (χ2n) is 38.8. The van der Waals surface area contributed by atoms with Gasteiger partial charge in [0, 0.05) is 57.4 Å². The second-order valence-corrected chi connectivity index (χ2v) is 44.4. The lowest BCUT2D eigenvalue weighted by molar-refractivity contribution is -0.211. The molecule has 0 bridgehead atoms. The summed E-state index contributed by atoms with van der Waals surface area (Å²) in [5, 5.41) is 18.1. The summed E-state index contributed by atoms with van der Waals surface area (Å²) in [5.41, 5.74) is 4.54. The van der Waals surface area contributed by atoms with Gasteiger partial charge in [-0.15, -0.1) is 5.06 Å². The molecule has 1 heterocycles. The molecular weight excluding hydrogens is 1340 g/mol. The van der Waals surface area contributed by atoms with Crippen molar-refractivity contribution in [1.29, 1.82) is 0 Å². The first-order valence-corrected chi connectivity index (χ1v) is 42.5. The van der Waals surface area contributed by atoms with Gasteiger partial charge in [0.05, 0.1) is 30.8 Å². The van der Waals surface area contributed by atoms with E-state index in [0.717, 1.165) is 103 Å². The van der Waals surface area contributed by atoms with Gasteiger partial charge in [-0.3, -0.25) is 52.7 Å². The quantitative estimate of drug-likeness (QED) is 0.0254. The summed E-state index contributed by atoms with van der Waals surface area (Å²) in [5.74, 6) is -3.97. The number of hydrogen-bond donors (Lipinski definition) is 5. The Morgan fingerprint density at radius 3 is 1.37 bits per heavy atom. The predicted octanol–water partition coefficient (Wildman–Crippen LogP) is 12.4. The minimum absolute atomic E-state index is 0.00958. The van der Waals surface area contributed by atoms with Gasteiger partial charge >= 0.3 is 29.8 Å². The van der Waals surface area contributed by atoms with Gasteiger partial charge in [-0.1, -0.05) is 114 Å². The molecule has 1 aliphatic heterocycles. The lowest BCUT2D eigenvalue weighted by Gasteiger charge is -2.70. The molecule has 8 saturated carbocycles. The highest BCUT2D eigenvalue weighted by Crippen LogP contribution is 2.78. The van der Waals surface area contributed by atoms with Crippen molar-refractivity contribution < 1.29 is 81.7 Å². The van der Waals surface area contributed by atoms with E-state index in [2.05, 4.69) is 137 Å². The van der Waals surface area contributed by atoms with E-state index in [9.17, 15) is 62.6 Å². The van der Waals surface area contributed by atoms with Crippen LogP contribution in [0.4, 0.5) is 0 Å². The molecule has 23 heteroatoms. The number of aliphatic carboxylic acids is 1. The summed E-state index contributed by atoms with van der Waals surface area (Å²) in [4.78, 5) is 152. The topological polar surface area (TPSA) is 327 Å². The molecule has 5 amide bonds. The van der Waals surface area contributed by atoms with Gasteiger partial charge in [-0.05, 0) is 215 Å². The minimum Gasteiger partial charge on any atom is -0.481 e. The second kappa shape index (κ2) is 28.8. The van der Waals surface area contributed by atoms with E-state index < -0.39 is 78.2 Å². The van der Waals surface area contributed by atoms with Crippen LogP contribution in [-0.4, -0.2) is 121 Å². The van der Waals surface area contributed by atoms with Gasteiger partial charge in [0.15, 0.2) is 11.6 Å². The number of fused-ring (bicyclic) bond motifs is 14. The summed E-state index contributed by atoms with van der Waals surface area (Å²) >= 11 is 0. The summed E-state index contributed by atoms with van der Waals surface area (Å²) in [6, 6.07) is 0.971. The Bertz CT molecular complexity index is 3540. The number of hydroxylamine groups is 2. The number of ether oxygens (including phenoxy) is 3. The molecule has 11 aliphatic rings. The Kier molecular flexibility index (Phi) is 22.7. The summed E-state index contributed by atoms with van der Waals surface area (Å²) in [6.07, 6.45) is 18.2. The van der Waals surface area contributed by atoms with Crippen LogP contribution in [0.3, 0.4) is 0 Å². The zero-order valence-electron chi connectivity index (χ0n) is 66.2. The molecule has 18 atom stereocenters. The average Bonchev–Trinajstić information content (AvgIpc) is 0.735. The van der Waals surface area contributed by atoms with Crippen LogP contribution >= 0.6 is 0 Å². The number of hydrogen-bond acceptors (Lipinski definition) is 17. The zero-order valence-corrected chi connectivity index (χ0v) is 67.2. The van der Waals surface area contributed by atoms with Crippen LogP contribution in [-0.2, 0) is 76.6 Å². The van der Waals surface area contributed by atoms with Gasteiger partial charge in [-0.25, -0.2) is 4.79 Å². The number of carbonyl (C=O) groups is 12. The molecule has 1 saturated heterocycles. The van der Waals surface area contributed by atoms with Crippen molar-refractivity contribution in [3.05, 3.63) is 23.3 Å². The smallest absolute Gasteiger partial charge is 0.330 e. The first kappa shape index (κ1) is 82.0. The molecule has 0 radical (unpaired) electrons. The third-order valence-electron chi connectivity index (χ3n) is 30.4. The minimum atomic E-state index is -1.32. The van der Waals surface area contributed by atoms with Gasteiger partial charge in [-0.2, -0.15) is 0 Å². The van der Waals surface area contributed by atoms with Crippen molar-refractivity contribution in [1.82, 2.24) is 21.0 Å². The lowest BCUT2D eigenvalue weighted by Crippen LogP contribution is -2.66. The Labute approximate surface area is 618 Å². The molecule has 0 aromatic carbocycles. The number of carboxylic acid groups (broad SMARTS) is 1. The fourth-order valence-electron chi connectivity index (χ4n) is 23.7. The summed E-state index contributed by atoms with van der Waals surface area (Å²) < 4.78 is 17.9. The van der Waals surface area contributed by atoms with E-state index in [1.165, 1.54) is 18.1 Å². The first-order chi connectivity index (χ1) is 47.9. The number of esters is 3. The van der Waals surface area contributed by atoms with Crippen LogP contribution in [0.2, 0.25) is 25.7 Å². The van der Waals surface area contributed by atoms with Crippen LogP contribution in [0, 0.1) is 100 Å². The van der Waals surface area contributed by atoms with E-state index in [0.29, 0.717) is 37.4 Å². The molecule has 6 N–H and O–H groups in total. The highest BCUT2D eigenvalue weighted by Gasteiger charge is 2.73. The van der Waals surface area contributed by atoms with Gasteiger partial charge in [0.25, 0.3) is 11.8 Å². The molecular formula is C81H125N5O17Si. The SMILES string of the molecule is CC(=O)NCNC(=O)CC(=O)OC1CCC2(C)C(CCC3(C)C2C(=O)C=C2C4CC(C)(C(=O)O)CCC4(C)CCC23C)C1(C)C.CC(=O)ON1C(=O)CCC1=O.CC1(C(=O)OCC[Si](C)(C)C)CCC2(C)CCC3(C)C(=CC(=O)C4C5(C)CCC(OC(=O)CC(=O)NCN)C(C)(C)C5CCC43C)C2C1. The molecule has 10 aliphatic carbocycles. The van der Waals surface area contributed by atoms with Crippen molar-refractivity contribution in [3.63, 3.8) is 0 Å². The van der Waals surface area contributed by atoms with Gasteiger partial charge in [0.1, 0.15) is 25.0 Å². The number of amides is 5. The number of carbonyl (C=O) groups excluding carboxylic acids is 11. The molecule has 0 spiro atoms. The Morgan fingerprint density at radius 1 is 0.548 bits per heavy atom. The van der Waals surface area contributed by atoms with E-state index in [-0.39, 0.29) is 152 Å². The Balaban J connectivity index is 0.000000210. The molecule has 18 unspecified atom stereocenters. The van der Waals surface area contributed by atoms with Crippen LogP contribution in [0.1, 0.15) is 252 Å². The van der Waals surface area contributed by atoms with Gasteiger partial charge < -0.3 is 45.8 Å². The molecule has 22 nitrogen and oxygen atoms in total. The average molecular weight is 1470 g/mol. The fraction of sp³-hybridized carbons (Fsp3) is 0.802.